The molecule has 1 N–H and O–H groups in total. The van der Waals surface area contributed by atoms with Crippen molar-refractivity contribution >= 4 is 17.8 Å². The minimum atomic E-state index is -0.884. The number of aromatic nitrogens is 2. The number of nitrogens with one attached hydrogen (secondary N) is 1. The molecule has 8 heteroatoms. The van der Waals surface area contributed by atoms with Gasteiger partial charge in [0, 0.05) is 24.7 Å². The van der Waals surface area contributed by atoms with Crippen molar-refractivity contribution in [2.24, 2.45) is 5.92 Å². The highest BCUT2D eigenvalue weighted by Crippen LogP contribution is 2.25. The number of hydrogen-bond donors (Lipinski definition) is 1. The summed E-state index contributed by atoms with van der Waals surface area (Å²) in [6, 6.07) is 17.2. The van der Waals surface area contributed by atoms with Gasteiger partial charge in [-0.1, -0.05) is 75.4 Å². The molecule has 3 aromatic rings. The standard InChI is InChI=1S/C29H33N3O5/c1-19-24(17-30-26(32-19)21-11-13-23(14-12-21)29(2,3)4)25(33)15-22(27(34)36-5)16-31-28(35)37-18-20-9-7-6-8-10-20/h6-14,17,22H,15-16,18H2,1-5H3,(H,31,35)/t22-/m0/s1. The van der Waals surface area contributed by atoms with E-state index in [2.05, 4.69) is 36.1 Å². The molecule has 0 aliphatic rings. The van der Waals surface area contributed by atoms with Gasteiger partial charge >= 0.3 is 12.1 Å². The Labute approximate surface area is 217 Å². The molecule has 1 amide bonds. The molecular formula is C29H33N3O5. The molecule has 37 heavy (non-hydrogen) atoms. The quantitative estimate of drug-likeness (QED) is 0.322. The van der Waals surface area contributed by atoms with Crippen molar-refractivity contribution in [3.63, 3.8) is 0 Å². The normalized spacial score (nSPS) is 11.9. The minimum Gasteiger partial charge on any atom is -0.469 e. The Hall–Kier alpha value is -4.07. The molecule has 1 heterocycles. The summed E-state index contributed by atoms with van der Waals surface area (Å²) < 4.78 is 10.0. The van der Waals surface area contributed by atoms with E-state index in [0.717, 1.165) is 11.1 Å². The van der Waals surface area contributed by atoms with Crippen LogP contribution in [0.3, 0.4) is 0 Å². The van der Waals surface area contributed by atoms with Gasteiger partial charge in [0.15, 0.2) is 11.6 Å². The number of benzene rings is 2. The molecule has 8 nitrogen and oxygen atoms in total. The monoisotopic (exact) mass is 503 g/mol. The first-order valence-corrected chi connectivity index (χ1v) is 12.1. The highest BCUT2D eigenvalue weighted by atomic mass is 16.5. The highest BCUT2D eigenvalue weighted by Gasteiger charge is 2.26. The number of ether oxygens (including phenoxy) is 2. The summed E-state index contributed by atoms with van der Waals surface area (Å²) in [4.78, 5) is 46.3. The van der Waals surface area contributed by atoms with E-state index in [1.807, 2.05) is 54.6 Å². The SMILES string of the molecule is COC(=O)[C@H](CNC(=O)OCc1ccccc1)CC(=O)c1cnc(-c2ccc(C(C)(C)C)cc2)nc1C. The topological polar surface area (TPSA) is 107 Å². The second kappa shape index (κ2) is 12.3. The van der Waals surface area contributed by atoms with Gasteiger partial charge in [0.05, 0.1) is 24.3 Å². The predicted molar refractivity (Wildman–Crippen MR) is 140 cm³/mol. The maximum Gasteiger partial charge on any atom is 0.407 e. The summed E-state index contributed by atoms with van der Waals surface area (Å²) >= 11 is 0. The molecule has 0 aliphatic carbocycles. The first-order valence-electron chi connectivity index (χ1n) is 12.1. The highest BCUT2D eigenvalue weighted by molar-refractivity contribution is 5.99. The van der Waals surface area contributed by atoms with Crippen LogP contribution in [0.25, 0.3) is 11.4 Å². The molecule has 0 bridgehead atoms. The van der Waals surface area contributed by atoms with Gasteiger partial charge in [-0.3, -0.25) is 9.59 Å². The van der Waals surface area contributed by atoms with Crippen LogP contribution >= 0.6 is 0 Å². The van der Waals surface area contributed by atoms with Crippen LogP contribution in [0.5, 0.6) is 0 Å². The number of alkyl carbamates (subject to hydrolysis) is 1. The molecule has 0 spiro atoms. The zero-order chi connectivity index (χ0) is 27.0. The van der Waals surface area contributed by atoms with Gasteiger partial charge in [-0.05, 0) is 23.5 Å². The molecule has 1 aromatic heterocycles. The molecule has 1 atom stereocenters. The zero-order valence-electron chi connectivity index (χ0n) is 21.9. The number of carbonyl (C=O) groups is 3. The van der Waals surface area contributed by atoms with Crippen molar-refractivity contribution < 1.29 is 23.9 Å². The number of rotatable bonds is 9. The molecular weight excluding hydrogens is 470 g/mol. The number of carbonyl (C=O) groups excluding carboxylic acids is 3. The summed E-state index contributed by atoms with van der Waals surface area (Å²) in [5.41, 5.74) is 3.74. The van der Waals surface area contributed by atoms with E-state index < -0.39 is 18.0 Å². The van der Waals surface area contributed by atoms with Crippen LogP contribution < -0.4 is 5.32 Å². The van der Waals surface area contributed by atoms with E-state index in [1.165, 1.54) is 18.9 Å². The number of esters is 1. The van der Waals surface area contributed by atoms with E-state index in [4.69, 9.17) is 9.47 Å². The first-order chi connectivity index (χ1) is 17.6. The van der Waals surface area contributed by atoms with Crippen molar-refractivity contribution in [3.05, 3.63) is 83.2 Å². The molecule has 0 aliphatic heterocycles. The van der Waals surface area contributed by atoms with Gasteiger partial charge in [0.2, 0.25) is 0 Å². The third-order valence-corrected chi connectivity index (χ3v) is 5.96. The lowest BCUT2D eigenvalue weighted by atomic mass is 9.86. The minimum absolute atomic E-state index is 0.0370. The molecule has 0 fully saturated rings. The largest absolute Gasteiger partial charge is 0.469 e. The fraction of sp³-hybridized carbons (Fsp3) is 0.345. The Morgan fingerprint density at radius 1 is 1.00 bits per heavy atom. The number of hydrogen-bond acceptors (Lipinski definition) is 7. The number of Topliss-reactive ketones (excluding diaryl/α,β-unsaturated/α-hetero) is 1. The summed E-state index contributed by atoms with van der Waals surface area (Å²) in [7, 11) is 1.24. The molecule has 0 radical (unpaired) electrons. The second-order valence-corrected chi connectivity index (χ2v) is 9.81. The predicted octanol–water partition coefficient (Wildman–Crippen LogP) is 5.04. The van der Waals surface area contributed by atoms with Crippen LogP contribution in [0, 0.1) is 12.8 Å². The third kappa shape index (κ3) is 7.70. The smallest absolute Gasteiger partial charge is 0.407 e. The number of aryl methyl sites for hydroxylation is 1. The average Bonchev–Trinajstić information content (AvgIpc) is 2.89. The number of nitrogens with zero attached hydrogens (tertiary/aromatic N) is 2. The summed E-state index contributed by atoms with van der Waals surface area (Å²) in [5, 5.41) is 2.54. The summed E-state index contributed by atoms with van der Waals surface area (Å²) in [6.45, 7) is 8.16. The van der Waals surface area contributed by atoms with Crippen LogP contribution in [0.1, 0.15) is 54.4 Å². The van der Waals surface area contributed by atoms with E-state index >= 15 is 0 Å². The van der Waals surface area contributed by atoms with Gasteiger partial charge in [0.25, 0.3) is 0 Å². The van der Waals surface area contributed by atoms with Gasteiger partial charge in [-0.15, -0.1) is 0 Å². The Kier molecular flexibility index (Phi) is 9.11. The van der Waals surface area contributed by atoms with Crippen LogP contribution in [0.2, 0.25) is 0 Å². The fourth-order valence-corrected chi connectivity index (χ4v) is 3.72. The summed E-state index contributed by atoms with van der Waals surface area (Å²) in [6.07, 6.45) is 0.620. The lowest BCUT2D eigenvalue weighted by Crippen LogP contribution is -2.35. The van der Waals surface area contributed by atoms with Gasteiger partial charge in [0.1, 0.15) is 6.61 Å². The van der Waals surface area contributed by atoms with E-state index in [0.29, 0.717) is 17.1 Å². The van der Waals surface area contributed by atoms with Crippen molar-refractivity contribution in [2.45, 2.75) is 46.1 Å². The Morgan fingerprint density at radius 3 is 2.27 bits per heavy atom. The lowest BCUT2D eigenvalue weighted by molar-refractivity contribution is -0.145. The summed E-state index contributed by atoms with van der Waals surface area (Å²) in [5.74, 6) is -1.29. The number of amides is 1. The second-order valence-electron chi connectivity index (χ2n) is 9.81. The number of methoxy groups -OCH3 is 1. The van der Waals surface area contributed by atoms with E-state index in [-0.39, 0.29) is 30.8 Å². The first kappa shape index (κ1) is 27.5. The molecule has 0 saturated heterocycles. The molecule has 0 unspecified atom stereocenters. The Morgan fingerprint density at radius 2 is 1.68 bits per heavy atom. The van der Waals surface area contributed by atoms with Crippen LogP contribution in [0.4, 0.5) is 4.79 Å². The van der Waals surface area contributed by atoms with Gasteiger partial charge in [-0.25, -0.2) is 14.8 Å². The number of ketones is 1. The van der Waals surface area contributed by atoms with E-state index in [9.17, 15) is 14.4 Å². The molecule has 0 saturated carbocycles. The third-order valence-electron chi connectivity index (χ3n) is 5.96. The maximum atomic E-state index is 13.0. The molecule has 3 rings (SSSR count). The van der Waals surface area contributed by atoms with Crippen LogP contribution in [0.15, 0.2) is 60.8 Å². The van der Waals surface area contributed by atoms with Gasteiger partial charge < -0.3 is 14.8 Å². The Bertz CT molecular complexity index is 1230. The lowest BCUT2D eigenvalue weighted by Gasteiger charge is -2.19. The van der Waals surface area contributed by atoms with Crippen LogP contribution in [-0.4, -0.2) is 41.5 Å². The van der Waals surface area contributed by atoms with Gasteiger partial charge in [-0.2, -0.15) is 0 Å². The zero-order valence-corrected chi connectivity index (χ0v) is 21.9. The fourth-order valence-electron chi connectivity index (χ4n) is 3.72. The van der Waals surface area contributed by atoms with E-state index in [1.54, 1.807) is 6.92 Å². The van der Waals surface area contributed by atoms with Crippen molar-refractivity contribution in [2.75, 3.05) is 13.7 Å². The average molecular weight is 504 g/mol. The molecule has 194 valence electrons. The van der Waals surface area contributed by atoms with Crippen molar-refractivity contribution in [1.29, 1.82) is 0 Å². The molecule has 2 aromatic carbocycles. The maximum absolute atomic E-state index is 13.0. The van der Waals surface area contributed by atoms with Crippen LogP contribution in [-0.2, 0) is 26.3 Å². The Balaban J connectivity index is 1.63. The van der Waals surface area contributed by atoms with Crippen molar-refractivity contribution in [1.82, 2.24) is 15.3 Å². The van der Waals surface area contributed by atoms with Crippen molar-refractivity contribution in [3.8, 4) is 11.4 Å².